The summed E-state index contributed by atoms with van der Waals surface area (Å²) in [4.78, 5) is 22.3. The van der Waals surface area contributed by atoms with Crippen LogP contribution in [0, 0.1) is 0 Å². The number of carbonyl (C=O) groups is 1. The van der Waals surface area contributed by atoms with E-state index in [0.29, 0.717) is 25.3 Å². The van der Waals surface area contributed by atoms with Crippen molar-refractivity contribution in [3.63, 3.8) is 0 Å². The molecule has 1 fully saturated rings. The summed E-state index contributed by atoms with van der Waals surface area (Å²) in [5.74, 6) is 0.0545. The predicted molar refractivity (Wildman–Crippen MR) is 94.1 cm³/mol. The maximum absolute atomic E-state index is 13.0. The second kappa shape index (κ2) is 5.43. The Morgan fingerprint density at radius 3 is 2.84 bits per heavy atom. The molecule has 0 radical (unpaired) electrons. The topological polar surface area (TPSA) is 58.2 Å². The van der Waals surface area contributed by atoms with Gasteiger partial charge >= 0.3 is 0 Å². The van der Waals surface area contributed by atoms with Crippen LogP contribution in [-0.2, 0) is 16.9 Å². The molecule has 2 aromatic carbocycles. The molecule has 1 saturated heterocycles. The van der Waals surface area contributed by atoms with Gasteiger partial charge in [0.2, 0.25) is 0 Å². The lowest BCUT2D eigenvalue weighted by molar-refractivity contribution is -0.0741. The molecule has 1 N–H and O–H groups in total. The van der Waals surface area contributed by atoms with Crippen LogP contribution in [-0.4, -0.2) is 33.9 Å². The fraction of sp³-hybridized carbons (Fsp3) is 0.300. The van der Waals surface area contributed by atoms with Crippen LogP contribution in [0.15, 0.2) is 48.8 Å². The van der Waals surface area contributed by atoms with E-state index < -0.39 is 0 Å². The number of aromatic amines is 1. The molecule has 2 aliphatic heterocycles. The third kappa shape index (κ3) is 2.19. The first-order valence-corrected chi connectivity index (χ1v) is 8.71. The van der Waals surface area contributed by atoms with Crippen LogP contribution in [0.5, 0.6) is 0 Å². The highest BCUT2D eigenvalue weighted by atomic mass is 16.5. The Morgan fingerprint density at radius 1 is 1.12 bits per heavy atom. The van der Waals surface area contributed by atoms with Crippen LogP contribution in [0.25, 0.3) is 11.0 Å². The smallest absolute Gasteiger partial charge is 0.256 e. The first-order chi connectivity index (χ1) is 12.3. The summed E-state index contributed by atoms with van der Waals surface area (Å²) in [5, 5.41) is 0. The van der Waals surface area contributed by atoms with Crippen molar-refractivity contribution in [2.45, 2.75) is 25.0 Å². The largest absolute Gasteiger partial charge is 0.365 e. The molecule has 126 valence electrons. The fourth-order valence-corrected chi connectivity index (χ4v) is 4.18. The number of aromatic nitrogens is 2. The molecule has 5 rings (SSSR count). The lowest BCUT2D eigenvalue weighted by atomic mass is 9.83. The molecule has 0 unspecified atom stereocenters. The normalized spacial score (nSPS) is 18.6. The van der Waals surface area contributed by atoms with Crippen molar-refractivity contribution in [1.82, 2.24) is 14.9 Å². The summed E-state index contributed by atoms with van der Waals surface area (Å²) in [6.45, 7) is 2.08. The number of piperidine rings is 1. The summed E-state index contributed by atoms with van der Waals surface area (Å²) in [7, 11) is 0. The van der Waals surface area contributed by atoms with E-state index in [4.69, 9.17) is 4.74 Å². The second-order valence-corrected chi connectivity index (χ2v) is 6.84. The molecule has 0 bridgehead atoms. The zero-order valence-electron chi connectivity index (χ0n) is 13.9. The number of benzene rings is 2. The van der Waals surface area contributed by atoms with Crippen molar-refractivity contribution in [1.29, 1.82) is 0 Å². The molecule has 3 aromatic rings. The summed E-state index contributed by atoms with van der Waals surface area (Å²) in [5.41, 5.74) is 4.68. The van der Waals surface area contributed by atoms with E-state index in [9.17, 15) is 4.79 Å². The third-order valence-electron chi connectivity index (χ3n) is 5.55. The van der Waals surface area contributed by atoms with Gasteiger partial charge in [-0.3, -0.25) is 4.79 Å². The van der Waals surface area contributed by atoms with E-state index >= 15 is 0 Å². The van der Waals surface area contributed by atoms with Crippen LogP contribution in [0.3, 0.4) is 0 Å². The molecular formula is C20H19N3O2. The van der Waals surface area contributed by atoms with Gasteiger partial charge in [0.15, 0.2) is 0 Å². The predicted octanol–water partition coefficient (Wildman–Crippen LogP) is 3.22. The van der Waals surface area contributed by atoms with Gasteiger partial charge in [0.05, 0.1) is 29.6 Å². The minimum Gasteiger partial charge on any atom is -0.365 e. The SMILES string of the molecule is O=C(c1cccc2[nH]cnc12)N1CCC2(CC1)OCc1ccccc12. The number of carbonyl (C=O) groups excluding carboxylic acids is 1. The van der Waals surface area contributed by atoms with Crippen molar-refractivity contribution in [2.75, 3.05) is 13.1 Å². The van der Waals surface area contributed by atoms with Crippen LogP contribution < -0.4 is 0 Å². The van der Waals surface area contributed by atoms with E-state index in [-0.39, 0.29) is 11.5 Å². The Balaban J connectivity index is 1.39. The standard InChI is InChI=1S/C20H19N3O2/c24-19(15-5-3-7-17-18(15)22-13-21-17)23-10-8-20(9-11-23)16-6-2-1-4-14(16)12-25-20/h1-7,13H,8-12H2,(H,21,22). The van der Waals surface area contributed by atoms with Gasteiger partial charge in [0, 0.05) is 13.1 Å². The highest BCUT2D eigenvalue weighted by Gasteiger charge is 2.43. The summed E-state index contributed by atoms with van der Waals surface area (Å²) >= 11 is 0. The zero-order valence-corrected chi connectivity index (χ0v) is 13.9. The number of hydrogen-bond donors (Lipinski definition) is 1. The summed E-state index contributed by atoms with van der Waals surface area (Å²) in [6, 6.07) is 14.1. The van der Waals surface area contributed by atoms with Gasteiger partial charge in [-0.1, -0.05) is 30.3 Å². The number of hydrogen-bond acceptors (Lipinski definition) is 3. The Kier molecular flexibility index (Phi) is 3.18. The van der Waals surface area contributed by atoms with Crippen molar-refractivity contribution in [3.8, 4) is 0 Å². The number of nitrogens with one attached hydrogen (secondary N) is 1. The van der Waals surface area contributed by atoms with Gasteiger partial charge < -0.3 is 14.6 Å². The van der Waals surface area contributed by atoms with E-state index in [1.165, 1.54) is 11.1 Å². The number of para-hydroxylation sites is 1. The summed E-state index contributed by atoms with van der Waals surface area (Å²) < 4.78 is 6.19. The number of rotatable bonds is 1. The average Bonchev–Trinajstić information content (AvgIpc) is 3.28. The van der Waals surface area contributed by atoms with E-state index in [2.05, 4.69) is 34.2 Å². The highest BCUT2D eigenvalue weighted by Crippen LogP contribution is 2.44. The Bertz CT molecular complexity index is 954. The van der Waals surface area contributed by atoms with Crippen LogP contribution >= 0.6 is 0 Å². The summed E-state index contributed by atoms with van der Waals surface area (Å²) in [6.07, 6.45) is 3.31. The maximum Gasteiger partial charge on any atom is 0.256 e. The molecular weight excluding hydrogens is 314 g/mol. The fourth-order valence-electron chi connectivity index (χ4n) is 4.18. The minimum absolute atomic E-state index is 0.0545. The van der Waals surface area contributed by atoms with E-state index in [0.717, 1.165) is 23.9 Å². The van der Waals surface area contributed by atoms with Crippen LogP contribution in [0.4, 0.5) is 0 Å². The number of amides is 1. The molecule has 3 heterocycles. The van der Waals surface area contributed by atoms with Gasteiger partial charge in [-0.25, -0.2) is 4.98 Å². The van der Waals surface area contributed by atoms with Crippen molar-refractivity contribution in [3.05, 3.63) is 65.5 Å². The number of imidazole rings is 1. The monoisotopic (exact) mass is 333 g/mol. The molecule has 1 aromatic heterocycles. The number of H-pyrrole nitrogens is 1. The number of nitrogens with zero attached hydrogens (tertiary/aromatic N) is 2. The van der Waals surface area contributed by atoms with E-state index in [1.807, 2.05) is 23.1 Å². The Morgan fingerprint density at radius 2 is 1.96 bits per heavy atom. The minimum atomic E-state index is -0.217. The molecule has 0 atom stereocenters. The maximum atomic E-state index is 13.0. The zero-order chi connectivity index (χ0) is 16.9. The lowest BCUT2D eigenvalue weighted by Crippen LogP contribution is -2.45. The van der Waals surface area contributed by atoms with Gasteiger partial charge in [-0.05, 0) is 36.1 Å². The van der Waals surface area contributed by atoms with Crippen LogP contribution in [0.2, 0.25) is 0 Å². The van der Waals surface area contributed by atoms with Gasteiger partial charge in [0.1, 0.15) is 5.52 Å². The third-order valence-corrected chi connectivity index (χ3v) is 5.55. The molecule has 1 amide bonds. The molecule has 25 heavy (non-hydrogen) atoms. The Hall–Kier alpha value is -2.66. The average molecular weight is 333 g/mol. The van der Waals surface area contributed by atoms with Crippen molar-refractivity contribution < 1.29 is 9.53 Å². The van der Waals surface area contributed by atoms with E-state index in [1.54, 1.807) is 6.33 Å². The highest BCUT2D eigenvalue weighted by molar-refractivity contribution is 6.04. The molecule has 5 nitrogen and oxygen atoms in total. The number of ether oxygens (including phenoxy) is 1. The Labute approximate surface area is 145 Å². The second-order valence-electron chi connectivity index (χ2n) is 6.84. The lowest BCUT2D eigenvalue weighted by Gasteiger charge is -2.39. The first kappa shape index (κ1) is 14.7. The van der Waals surface area contributed by atoms with Crippen molar-refractivity contribution >= 4 is 16.9 Å². The first-order valence-electron chi connectivity index (χ1n) is 8.71. The van der Waals surface area contributed by atoms with Gasteiger partial charge in [0.25, 0.3) is 5.91 Å². The molecule has 1 spiro atoms. The quantitative estimate of drug-likeness (QED) is 0.744. The molecule has 0 saturated carbocycles. The van der Waals surface area contributed by atoms with Crippen LogP contribution in [0.1, 0.15) is 34.3 Å². The number of fused-ring (bicyclic) bond motifs is 3. The number of likely N-dealkylation sites (tertiary alicyclic amines) is 1. The van der Waals surface area contributed by atoms with Gasteiger partial charge in [-0.2, -0.15) is 0 Å². The van der Waals surface area contributed by atoms with Crippen molar-refractivity contribution in [2.24, 2.45) is 0 Å². The van der Waals surface area contributed by atoms with Gasteiger partial charge in [-0.15, -0.1) is 0 Å². The molecule has 0 aliphatic carbocycles. The molecule has 5 heteroatoms. The molecule has 2 aliphatic rings.